The maximum absolute atomic E-state index is 12.2. The number of cyclic esters (lactones) is 1. The van der Waals surface area contributed by atoms with Crippen LogP contribution in [0.25, 0.3) is 6.08 Å². The highest BCUT2D eigenvalue weighted by Crippen LogP contribution is 2.37. The van der Waals surface area contributed by atoms with E-state index in [0.29, 0.717) is 41.1 Å². The molecule has 0 N–H and O–H groups in total. The molecule has 0 bridgehead atoms. The summed E-state index contributed by atoms with van der Waals surface area (Å²) in [6.45, 7) is 2.77. The molecule has 3 aromatic rings. The predicted molar refractivity (Wildman–Crippen MR) is 118 cm³/mol. The number of aliphatic imine (C=N–C) groups is 1. The van der Waals surface area contributed by atoms with Crippen molar-refractivity contribution in [3.63, 3.8) is 0 Å². The number of furan rings is 1. The van der Waals surface area contributed by atoms with Gasteiger partial charge in [-0.1, -0.05) is 41.9 Å². The van der Waals surface area contributed by atoms with E-state index in [0.717, 1.165) is 6.42 Å². The maximum atomic E-state index is 12.2. The zero-order valence-electron chi connectivity index (χ0n) is 16.8. The lowest BCUT2D eigenvalue weighted by molar-refractivity contribution is -0.130. The first kappa shape index (κ1) is 20.8. The Labute approximate surface area is 184 Å². The number of hydrogen-bond acceptors (Lipinski definition) is 6. The number of ether oxygens (including phenoxy) is 3. The molecule has 0 fully saturated rings. The van der Waals surface area contributed by atoms with Gasteiger partial charge in [0.25, 0.3) is 5.90 Å². The van der Waals surface area contributed by atoms with Crippen LogP contribution in [0.3, 0.4) is 0 Å². The largest absolute Gasteiger partial charge is 0.490 e. The summed E-state index contributed by atoms with van der Waals surface area (Å²) in [6.07, 6.45) is 3.81. The normalized spacial score (nSPS) is 14.5. The van der Waals surface area contributed by atoms with E-state index in [-0.39, 0.29) is 11.6 Å². The molecule has 2 heterocycles. The molecule has 31 heavy (non-hydrogen) atoms. The average Bonchev–Trinajstić information content (AvgIpc) is 3.41. The second kappa shape index (κ2) is 9.53. The Morgan fingerprint density at radius 1 is 1.10 bits per heavy atom. The van der Waals surface area contributed by atoms with Crippen molar-refractivity contribution in [2.45, 2.75) is 13.3 Å². The third-order valence-electron chi connectivity index (χ3n) is 4.47. The molecule has 0 radical (unpaired) electrons. The zero-order valence-corrected chi connectivity index (χ0v) is 17.6. The Hall–Kier alpha value is -3.51. The van der Waals surface area contributed by atoms with Crippen LogP contribution in [0.5, 0.6) is 11.5 Å². The molecule has 7 heteroatoms. The van der Waals surface area contributed by atoms with E-state index in [4.69, 9.17) is 30.2 Å². The van der Waals surface area contributed by atoms with Crippen LogP contribution >= 0.6 is 11.6 Å². The van der Waals surface area contributed by atoms with Gasteiger partial charge >= 0.3 is 5.97 Å². The highest BCUT2D eigenvalue weighted by molar-refractivity contribution is 6.32. The molecule has 158 valence electrons. The molecular weight excluding hydrogens is 418 g/mol. The smallest absolute Gasteiger partial charge is 0.363 e. The van der Waals surface area contributed by atoms with Crippen LogP contribution in [0.2, 0.25) is 5.02 Å². The molecule has 2 aromatic carbocycles. The summed E-state index contributed by atoms with van der Waals surface area (Å²) in [7, 11) is 0. The number of hydrogen-bond donors (Lipinski definition) is 0. The molecule has 0 unspecified atom stereocenters. The summed E-state index contributed by atoms with van der Waals surface area (Å²) in [6, 6.07) is 16.9. The van der Waals surface area contributed by atoms with Crippen LogP contribution in [-0.4, -0.2) is 25.1 Å². The van der Waals surface area contributed by atoms with Crippen LogP contribution in [0.1, 0.15) is 23.8 Å². The molecule has 1 aliphatic heterocycles. The Kier molecular flexibility index (Phi) is 6.38. The molecule has 0 saturated heterocycles. The summed E-state index contributed by atoms with van der Waals surface area (Å²) in [4.78, 5) is 16.4. The van der Waals surface area contributed by atoms with Crippen molar-refractivity contribution < 1.29 is 23.4 Å². The molecule has 0 aliphatic carbocycles. The molecule has 6 nitrogen and oxygen atoms in total. The number of benzene rings is 2. The van der Waals surface area contributed by atoms with Gasteiger partial charge in [-0.15, -0.1) is 0 Å². The lowest BCUT2D eigenvalue weighted by atomic mass is 10.1. The molecule has 4 rings (SSSR count). The summed E-state index contributed by atoms with van der Waals surface area (Å²) < 4.78 is 22.1. The quantitative estimate of drug-likeness (QED) is 0.353. The summed E-state index contributed by atoms with van der Waals surface area (Å²) in [5.41, 5.74) is 1.95. The van der Waals surface area contributed by atoms with Crippen LogP contribution in [0.15, 0.2) is 76.0 Å². The van der Waals surface area contributed by atoms with Crippen molar-refractivity contribution in [2.24, 2.45) is 4.99 Å². The standard InChI is InChI=1S/C24H20ClNO5/c1-2-28-21-15-17(14-19-24(27)31-23(26-19)20-9-6-11-29-20)13-18(25)22(21)30-12-10-16-7-4-3-5-8-16/h3-9,11,13-15H,2,10,12H2,1H3/b19-14-. The monoisotopic (exact) mass is 437 g/mol. The average molecular weight is 438 g/mol. The fraction of sp³-hybridized carbons (Fsp3) is 0.167. The molecule has 0 saturated carbocycles. The number of esters is 1. The lowest BCUT2D eigenvalue weighted by Gasteiger charge is -2.14. The number of halogens is 1. The summed E-state index contributed by atoms with van der Waals surface area (Å²) in [5, 5.41) is 0.382. The molecular formula is C24H20ClNO5. The van der Waals surface area contributed by atoms with Crippen molar-refractivity contribution in [1.29, 1.82) is 0 Å². The minimum atomic E-state index is -0.566. The second-order valence-corrected chi connectivity index (χ2v) is 7.07. The van der Waals surface area contributed by atoms with Gasteiger partial charge in [0.2, 0.25) is 0 Å². The van der Waals surface area contributed by atoms with Crippen molar-refractivity contribution in [3.05, 3.63) is 88.5 Å². The molecule has 0 amide bonds. The van der Waals surface area contributed by atoms with E-state index in [9.17, 15) is 4.79 Å². The third kappa shape index (κ3) is 4.98. The van der Waals surface area contributed by atoms with Crippen molar-refractivity contribution in [2.75, 3.05) is 13.2 Å². The number of nitrogens with zero attached hydrogens (tertiary/aromatic N) is 1. The predicted octanol–water partition coefficient (Wildman–Crippen LogP) is 5.30. The maximum Gasteiger partial charge on any atom is 0.363 e. The molecule has 0 atom stereocenters. The van der Waals surface area contributed by atoms with Crippen LogP contribution in [0, 0.1) is 0 Å². The van der Waals surface area contributed by atoms with E-state index in [2.05, 4.69) is 4.99 Å². The van der Waals surface area contributed by atoms with Crippen molar-refractivity contribution >= 4 is 29.5 Å². The van der Waals surface area contributed by atoms with Gasteiger partial charge in [-0.05, 0) is 48.4 Å². The molecule has 1 aromatic heterocycles. The van der Waals surface area contributed by atoms with Gasteiger partial charge in [-0.25, -0.2) is 9.79 Å². The number of carbonyl (C=O) groups excluding carboxylic acids is 1. The highest BCUT2D eigenvalue weighted by atomic mass is 35.5. The van der Waals surface area contributed by atoms with Gasteiger partial charge in [0.1, 0.15) is 0 Å². The van der Waals surface area contributed by atoms with Crippen molar-refractivity contribution in [3.8, 4) is 11.5 Å². The Balaban J connectivity index is 1.55. The minimum absolute atomic E-state index is 0.123. The molecule has 1 aliphatic rings. The first-order chi connectivity index (χ1) is 15.1. The summed E-state index contributed by atoms with van der Waals surface area (Å²) in [5.74, 6) is 0.903. The van der Waals surface area contributed by atoms with Gasteiger partial charge in [-0.2, -0.15) is 0 Å². The van der Waals surface area contributed by atoms with E-state index >= 15 is 0 Å². The van der Waals surface area contributed by atoms with E-state index < -0.39 is 5.97 Å². The minimum Gasteiger partial charge on any atom is -0.490 e. The van der Waals surface area contributed by atoms with Gasteiger partial charge in [0.05, 0.1) is 24.5 Å². The fourth-order valence-electron chi connectivity index (χ4n) is 3.06. The Morgan fingerprint density at radius 2 is 1.94 bits per heavy atom. The van der Waals surface area contributed by atoms with Crippen LogP contribution in [0.4, 0.5) is 0 Å². The van der Waals surface area contributed by atoms with Crippen LogP contribution < -0.4 is 9.47 Å². The second-order valence-electron chi connectivity index (χ2n) is 6.66. The van der Waals surface area contributed by atoms with E-state index in [1.807, 2.05) is 37.3 Å². The third-order valence-corrected chi connectivity index (χ3v) is 4.75. The Bertz CT molecular complexity index is 1120. The first-order valence-corrected chi connectivity index (χ1v) is 10.2. The lowest BCUT2D eigenvalue weighted by Crippen LogP contribution is -2.05. The van der Waals surface area contributed by atoms with Crippen molar-refractivity contribution in [1.82, 2.24) is 0 Å². The summed E-state index contributed by atoms with van der Waals surface area (Å²) >= 11 is 6.48. The highest BCUT2D eigenvalue weighted by Gasteiger charge is 2.26. The van der Waals surface area contributed by atoms with Gasteiger partial charge in [0, 0.05) is 6.42 Å². The van der Waals surface area contributed by atoms with Gasteiger partial charge in [0.15, 0.2) is 23.0 Å². The SMILES string of the molecule is CCOc1cc(/C=C2\N=C(c3ccco3)OC2=O)cc(Cl)c1OCCc1ccccc1. The van der Waals surface area contributed by atoms with E-state index in [1.165, 1.54) is 11.8 Å². The number of rotatable bonds is 8. The first-order valence-electron chi connectivity index (χ1n) is 9.83. The number of carbonyl (C=O) groups is 1. The van der Waals surface area contributed by atoms with E-state index in [1.54, 1.807) is 30.3 Å². The van der Waals surface area contributed by atoms with Gasteiger partial charge < -0.3 is 18.6 Å². The Morgan fingerprint density at radius 3 is 2.68 bits per heavy atom. The zero-order chi connectivity index (χ0) is 21.6. The van der Waals surface area contributed by atoms with Gasteiger partial charge in [-0.3, -0.25) is 0 Å². The topological polar surface area (TPSA) is 70.3 Å². The molecule has 0 spiro atoms. The van der Waals surface area contributed by atoms with Crippen LogP contribution in [-0.2, 0) is 16.0 Å². The fourth-order valence-corrected chi connectivity index (χ4v) is 3.34.